The molecule has 2 aliphatic rings. The molecule has 2 fully saturated rings. The van der Waals surface area contributed by atoms with Gasteiger partial charge in [0.15, 0.2) is 5.96 Å². The van der Waals surface area contributed by atoms with Crippen LogP contribution in [0.4, 0.5) is 0 Å². The molecule has 6 nitrogen and oxygen atoms in total. The summed E-state index contributed by atoms with van der Waals surface area (Å²) < 4.78 is 11.4. The van der Waals surface area contributed by atoms with E-state index in [1.165, 1.54) is 18.4 Å². The number of guanidine groups is 1. The molecule has 1 atom stereocenters. The maximum absolute atomic E-state index is 5.90. The van der Waals surface area contributed by atoms with E-state index in [1.54, 1.807) is 0 Å². The molecule has 2 aliphatic heterocycles. The van der Waals surface area contributed by atoms with Crippen molar-refractivity contribution >= 4 is 16.9 Å². The lowest BCUT2D eigenvalue weighted by Crippen LogP contribution is -2.42. The summed E-state index contributed by atoms with van der Waals surface area (Å²) in [5.74, 6) is 2.75. The lowest BCUT2D eigenvalue weighted by molar-refractivity contribution is 0.0315. The molecular weight excluding hydrogens is 340 g/mol. The van der Waals surface area contributed by atoms with Gasteiger partial charge < -0.3 is 19.4 Å². The van der Waals surface area contributed by atoms with Crippen molar-refractivity contribution in [2.24, 2.45) is 10.9 Å². The van der Waals surface area contributed by atoms with E-state index >= 15 is 0 Å². The van der Waals surface area contributed by atoms with Crippen molar-refractivity contribution in [3.8, 4) is 0 Å². The third kappa shape index (κ3) is 4.62. The van der Waals surface area contributed by atoms with Crippen LogP contribution in [0, 0.1) is 5.92 Å². The van der Waals surface area contributed by atoms with Crippen molar-refractivity contribution in [3.05, 3.63) is 36.1 Å². The first-order chi connectivity index (χ1) is 13.3. The molecule has 0 radical (unpaired) electrons. The van der Waals surface area contributed by atoms with Gasteiger partial charge in [-0.05, 0) is 24.5 Å². The van der Waals surface area contributed by atoms with Gasteiger partial charge >= 0.3 is 0 Å². The quantitative estimate of drug-likeness (QED) is 0.646. The SMILES string of the molecule is CN=C(NCCc1cc2ccccc2o1)N1CCC(CN2CCOCC2)C1. The van der Waals surface area contributed by atoms with Gasteiger partial charge in [0.1, 0.15) is 11.3 Å². The van der Waals surface area contributed by atoms with E-state index in [2.05, 4.69) is 32.2 Å². The molecule has 3 heterocycles. The molecule has 1 aromatic carbocycles. The number of hydrogen-bond acceptors (Lipinski definition) is 4. The van der Waals surface area contributed by atoms with Crippen LogP contribution in [-0.4, -0.2) is 75.3 Å². The summed E-state index contributed by atoms with van der Waals surface area (Å²) in [4.78, 5) is 9.42. The lowest BCUT2D eigenvalue weighted by Gasteiger charge is -2.29. The Morgan fingerprint density at radius 2 is 2.07 bits per heavy atom. The molecule has 4 rings (SSSR count). The molecule has 2 aromatic rings. The zero-order valence-electron chi connectivity index (χ0n) is 16.2. The Balaban J connectivity index is 1.24. The number of fused-ring (bicyclic) bond motifs is 1. The smallest absolute Gasteiger partial charge is 0.193 e. The van der Waals surface area contributed by atoms with Crippen molar-refractivity contribution in [1.29, 1.82) is 0 Å². The number of likely N-dealkylation sites (tertiary alicyclic amines) is 1. The van der Waals surface area contributed by atoms with Crippen molar-refractivity contribution in [1.82, 2.24) is 15.1 Å². The van der Waals surface area contributed by atoms with Gasteiger partial charge in [0, 0.05) is 58.1 Å². The van der Waals surface area contributed by atoms with Gasteiger partial charge in [-0.1, -0.05) is 18.2 Å². The molecular formula is C21H30N4O2. The van der Waals surface area contributed by atoms with Crippen LogP contribution in [0.15, 0.2) is 39.7 Å². The Labute approximate surface area is 161 Å². The van der Waals surface area contributed by atoms with E-state index in [0.717, 1.165) is 75.6 Å². The second-order valence-corrected chi connectivity index (χ2v) is 7.49. The molecule has 1 N–H and O–H groups in total. The summed E-state index contributed by atoms with van der Waals surface area (Å²) in [7, 11) is 1.87. The zero-order valence-corrected chi connectivity index (χ0v) is 16.2. The van der Waals surface area contributed by atoms with E-state index in [1.807, 2.05) is 25.2 Å². The third-order valence-corrected chi connectivity index (χ3v) is 5.55. The van der Waals surface area contributed by atoms with Crippen LogP contribution in [0.25, 0.3) is 11.0 Å². The number of furan rings is 1. The fourth-order valence-corrected chi connectivity index (χ4v) is 4.11. The third-order valence-electron chi connectivity index (χ3n) is 5.55. The van der Waals surface area contributed by atoms with E-state index < -0.39 is 0 Å². The molecule has 0 spiro atoms. The summed E-state index contributed by atoms with van der Waals surface area (Å²) in [5.41, 5.74) is 0.961. The number of hydrogen-bond donors (Lipinski definition) is 1. The summed E-state index contributed by atoms with van der Waals surface area (Å²) in [5, 5.41) is 4.68. The highest BCUT2D eigenvalue weighted by Crippen LogP contribution is 2.20. The second kappa shape index (κ2) is 8.76. The largest absolute Gasteiger partial charge is 0.461 e. The predicted molar refractivity (Wildman–Crippen MR) is 108 cm³/mol. The van der Waals surface area contributed by atoms with Gasteiger partial charge in [-0.25, -0.2) is 0 Å². The summed E-state index contributed by atoms with van der Waals surface area (Å²) in [6, 6.07) is 10.3. The van der Waals surface area contributed by atoms with Gasteiger partial charge in [0.2, 0.25) is 0 Å². The topological polar surface area (TPSA) is 53.2 Å². The van der Waals surface area contributed by atoms with Gasteiger partial charge in [-0.3, -0.25) is 9.89 Å². The maximum atomic E-state index is 5.90. The number of ether oxygens (including phenoxy) is 1. The van der Waals surface area contributed by atoms with Crippen molar-refractivity contribution in [2.75, 3.05) is 59.5 Å². The molecule has 6 heteroatoms. The van der Waals surface area contributed by atoms with Crippen molar-refractivity contribution < 1.29 is 9.15 Å². The Morgan fingerprint density at radius 1 is 1.22 bits per heavy atom. The summed E-state index contributed by atoms with van der Waals surface area (Å²) >= 11 is 0. The molecule has 0 bridgehead atoms. The summed E-state index contributed by atoms with van der Waals surface area (Å²) in [6.45, 7) is 8.07. The standard InChI is InChI=1S/C21H30N4O2/c1-22-21(23-8-6-19-14-18-4-2-3-5-20(18)27-19)25-9-7-17(16-25)15-24-10-12-26-13-11-24/h2-5,14,17H,6-13,15-16H2,1H3,(H,22,23). The first-order valence-corrected chi connectivity index (χ1v) is 10.0. The van der Waals surface area contributed by atoms with Crippen LogP contribution in [-0.2, 0) is 11.2 Å². The van der Waals surface area contributed by atoms with E-state index in [0.29, 0.717) is 0 Å². The van der Waals surface area contributed by atoms with E-state index in [-0.39, 0.29) is 0 Å². The zero-order chi connectivity index (χ0) is 18.5. The fourth-order valence-electron chi connectivity index (χ4n) is 4.11. The van der Waals surface area contributed by atoms with Crippen LogP contribution < -0.4 is 5.32 Å². The van der Waals surface area contributed by atoms with Crippen LogP contribution >= 0.6 is 0 Å². The number of benzene rings is 1. The molecule has 1 aromatic heterocycles. The van der Waals surface area contributed by atoms with Crippen LogP contribution in [0.5, 0.6) is 0 Å². The number of rotatable bonds is 5. The average molecular weight is 370 g/mol. The molecule has 146 valence electrons. The van der Waals surface area contributed by atoms with Gasteiger partial charge in [-0.15, -0.1) is 0 Å². The predicted octanol–water partition coefficient (Wildman–Crippen LogP) is 2.20. The van der Waals surface area contributed by atoms with Gasteiger partial charge in [-0.2, -0.15) is 0 Å². The Morgan fingerprint density at radius 3 is 2.89 bits per heavy atom. The molecule has 27 heavy (non-hydrogen) atoms. The number of aliphatic imine (C=N–C) groups is 1. The fraction of sp³-hybridized carbons (Fsp3) is 0.571. The van der Waals surface area contributed by atoms with Crippen molar-refractivity contribution in [3.63, 3.8) is 0 Å². The van der Waals surface area contributed by atoms with E-state index in [9.17, 15) is 0 Å². The number of nitrogens with one attached hydrogen (secondary N) is 1. The molecule has 0 amide bonds. The summed E-state index contributed by atoms with van der Waals surface area (Å²) in [6.07, 6.45) is 2.10. The lowest BCUT2D eigenvalue weighted by atomic mass is 10.1. The van der Waals surface area contributed by atoms with Crippen LogP contribution in [0.1, 0.15) is 12.2 Å². The minimum Gasteiger partial charge on any atom is -0.461 e. The maximum Gasteiger partial charge on any atom is 0.193 e. The Bertz CT molecular complexity index is 733. The first-order valence-electron chi connectivity index (χ1n) is 10.0. The first kappa shape index (κ1) is 18.3. The molecule has 0 saturated carbocycles. The number of para-hydroxylation sites is 1. The highest BCUT2D eigenvalue weighted by atomic mass is 16.5. The average Bonchev–Trinajstić information content (AvgIpc) is 3.32. The van der Waals surface area contributed by atoms with E-state index in [4.69, 9.17) is 9.15 Å². The van der Waals surface area contributed by atoms with Gasteiger partial charge in [0.25, 0.3) is 0 Å². The Hall–Kier alpha value is -2.05. The Kier molecular flexibility index (Phi) is 5.94. The van der Waals surface area contributed by atoms with Gasteiger partial charge in [0.05, 0.1) is 13.2 Å². The highest BCUT2D eigenvalue weighted by molar-refractivity contribution is 5.80. The monoisotopic (exact) mass is 370 g/mol. The molecule has 2 saturated heterocycles. The van der Waals surface area contributed by atoms with Crippen molar-refractivity contribution in [2.45, 2.75) is 12.8 Å². The molecule has 0 aliphatic carbocycles. The van der Waals surface area contributed by atoms with Crippen LogP contribution in [0.3, 0.4) is 0 Å². The highest BCUT2D eigenvalue weighted by Gasteiger charge is 2.27. The number of morpholine rings is 1. The minimum absolute atomic E-state index is 0.719. The van der Waals surface area contributed by atoms with Crippen LogP contribution in [0.2, 0.25) is 0 Å². The molecule has 1 unspecified atom stereocenters. The minimum atomic E-state index is 0.719. The second-order valence-electron chi connectivity index (χ2n) is 7.49. The normalized spacial score (nSPS) is 21.9. The number of nitrogens with zero attached hydrogens (tertiary/aromatic N) is 3.